The summed E-state index contributed by atoms with van der Waals surface area (Å²) in [6.45, 7) is 12.2. The van der Waals surface area contributed by atoms with Crippen LogP contribution in [0.1, 0.15) is 101 Å². The molecule has 35 nitrogen and oxygen atoms in total. The van der Waals surface area contributed by atoms with E-state index < -0.39 is 0 Å². The molecule has 2 aliphatic rings. The smallest absolute Gasteiger partial charge is 0.289 e. The molecule has 0 spiro atoms. The number of benzene rings is 2. The summed E-state index contributed by atoms with van der Waals surface area (Å²) in [5.41, 5.74) is 8.05. The summed E-state index contributed by atoms with van der Waals surface area (Å²) in [5.74, 6) is 6.66. The first-order valence-corrected chi connectivity index (χ1v) is 42.9. The van der Waals surface area contributed by atoms with E-state index in [0.717, 1.165) is 148 Å². The minimum absolute atomic E-state index is 0.0190. The predicted molar refractivity (Wildman–Crippen MR) is 480 cm³/mol. The van der Waals surface area contributed by atoms with Crippen LogP contribution in [0, 0.1) is 28.2 Å². The number of rotatable bonds is 32. The number of halogens is 4. The number of likely N-dealkylation sites (N-methyl/N-ethyl adjacent to an activating group) is 2. The van der Waals surface area contributed by atoms with Gasteiger partial charge in [0.2, 0.25) is 11.8 Å². The third-order valence-electron chi connectivity index (χ3n) is 20.1. The Kier molecular flexibility index (Phi) is 33.1. The van der Waals surface area contributed by atoms with Gasteiger partial charge in [-0.2, -0.15) is 43.2 Å². The molecule has 1 aliphatic carbocycles. The minimum Gasteiger partial charge on any atom is -0.711 e. The normalized spacial score (nSPS) is 15.2. The minimum atomic E-state index is -0.102. The van der Waals surface area contributed by atoms with E-state index in [9.17, 15) is 40.4 Å². The van der Waals surface area contributed by atoms with Crippen molar-refractivity contribution < 1.29 is 39.5 Å². The van der Waals surface area contributed by atoms with E-state index in [1.165, 1.54) is 31.3 Å². The molecule has 0 bridgehead atoms. The molecule has 2 amide bonds. The number of nitrogens with one attached hydrogen (secondary N) is 9. The van der Waals surface area contributed by atoms with Crippen molar-refractivity contribution in [3.05, 3.63) is 191 Å². The van der Waals surface area contributed by atoms with Gasteiger partial charge < -0.3 is 93.4 Å². The van der Waals surface area contributed by atoms with Gasteiger partial charge in [0.1, 0.15) is 58.9 Å². The molecular weight excluding hydrogens is 1800 g/mol. The van der Waals surface area contributed by atoms with Crippen molar-refractivity contribution in [1.82, 2.24) is 73.2 Å². The molecule has 13 N–H and O–H groups in total. The number of hydrogen-bond acceptors (Lipinski definition) is 27. The zero-order valence-electron chi connectivity index (χ0n) is 68.2. The number of hydrogen-bond donors (Lipinski definition) is 13. The van der Waals surface area contributed by atoms with Crippen LogP contribution in [-0.4, -0.2) is 204 Å². The van der Waals surface area contributed by atoms with Crippen molar-refractivity contribution in [1.29, 1.82) is 0 Å². The highest BCUT2D eigenvalue weighted by atomic mass is 79.9. The molecule has 1 aliphatic heterocycles. The van der Waals surface area contributed by atoms with Gasteiger partial charge in [0.25, 0.3) is 6.33 Å². The Morgan fingerprint density at radius 2 is 0.958 bits per heavy atom. The number of nitrogens with zero attached hydrogens (tertiary/aromatic N) is 18. The molecule has 1 saturated carbocycles. The van der Waals surface area contributed by atoms with Crippen LogP contribution in [0.25, 0.3) is 22.6 Å². The lowest BCUT2D eigenvalue weighted by atomic mass is 9.85. The Hall–Kier alpha value is -10.2. The lowest BCUT2D eigenvalue weighted by molar-refractivity contribution is -0.609. The van der Waals surface area contributed by atoms with Gasteiger partial charge in [-0.3, -0.25) is 9.59 Å². The Labute approximate surface area is 729 Å². The molecule has 2 aromatic carbocycles. The number of aliphatic hydroxyl groups excluding tert-OH is 4. The molecule has 14 rings (SSSR count). The van der Waals surface area contributed by atoms with Crippen LogP contribution in [0.15, 0.2) is 159 Å². The largest absolute Gasteiger partial charge is 0.711 e. The molecule has 12 aromatic rings. The SMILES string of the molecule is CC(C)[C@@H](CO)Nc1cc(NCc2ccc(NC(=O)CN(C)C)cc2)n2ncc(Br)c2n1.CC(C)[C@H](CO)Nc1cc(NCc2ccc(NC(=O)CN(C)C)cc2)n2ncc(Br)c2n1.[O-][n+]1cccc(CNc2cc(N[C@H]3CCCC[C@H]3CO)nc3c(Br)cnn23)c1.[O-][n+]1cncc(CNc2cc(N3CCCC[C@@H]3CCO)nc3c(Br)cnn23)c1. The highest BCUT2D eigenvalue weighted by molar-refractivity contribution is 9.11. The monoisotopic (exact) mass is 1900 g/mol. The summed E-state index contributed by atoms with van der Waals surface area (Å²) in [7, 11) is 7.43. The van der Waals surface area contributed by atoms with Crippen molar-refractivity contribution in [2.75, 3.05) is 127 Å². The number of anilines is 10. The quantitative estimate of drug-likeness (QED) is 0.0138. The first kappa shape index (κ1) is 90.5. The summed E-state index contributed by atoms with van der Waals surface area (Å²) >= 11 is 14.0. The van der Waals surface area contributed by atoms with Crippen molar-refractivity contribution in [2.24, 2.45) is 17.8 Å². The van der Waals surface area contributed by atoms with Crippen LogP contribution in [-0.2, 0) is 35.8 Å². The van der Waals surface area contributed by atoms with E-state index in [4.69, 9.17) is 9.97 Å². The predicted octanol–water partition coefficient (Wildman–Crippen LogP) is 10.6. The fourth-order valence-electron chi connectivity index (χ4n) is 13.7. The second kappa shape index (κ2) is 43.8. The second-order valence-electron chi connectivity index (χ2n) is 30.6. The number of carbonyl (C=O) groups excluding carboxylic acids is 2. The van der Waals surface area contributed by atoms with Gasteiger partial charge in [-0.05, 0) is 184 Å². The summed E-state index contributed by atoms with van der Waals surface area (Å²) < 4.78 is 11.6. The molecule has 5 atom stereocenters. The third-order valence-corrected chi connectivity index (χ3v) is 22.3. The van der Waals surface area contributed by atoms with Gasteiger partial charge in [-0.25, -0.2) is 24.7 Å². The van der Waals surface area contributed by atoms with E-state index in [1.54, 1.807) is 55.1 Å². The number of pyridine rings is 1. The zero-order chi connectivity index (χ0) is 85.5. The zero-order valence-corrected chi connectivity index (χ0v) is 74.6. The molecule has 0 unspecified atom stereocenters. The number of aliphatic hydroxyl groups is 4. The number of amides is 2. The first-order chi connectivity index (χ1) is 57.8. The maximum atomic E-state index is 11.9. The van der Waals surface area contributed by atoms with Crippen LogP contribution >= 0.6 is 63.7 Å². The molecule has 0 radical (unpaired) electrons. The highest BCUT2D eigenvalue weighted by Gasteiger charge is 2.28. The summed E-state index contributed by atoms with van der Waals surface area (Å²) in [5, 5.41) is 108. The summed E-state index contributed by atoms with van der Waals surface area (Å²) in [4.78, 5) is 52.4. The standard InChI is InChI=1S/2C22H30BrN7O2.C19H23BrN6O2.C18H22BrN7O2/c2*1-14(2)18(13-31)27-19-9-20(30-22(28-19)17(23)11-25-30)24-10-15-5-7-16(8-6-15)26-21(32)12-29(3)4;20-15-10-22-26-18(21-9-13-4-3-7-25(28)11-13)8-17(24-19(15)26)23-16-6-2-1-5-14(16)12-27;19-15-10-22-26-16(21-9-13-8-20-12-24(28)11-13)7-17(23-18(15)26)25-5-2-1-3-14(25)4-6-27/h2*5-9,11,14,18,24,31H,10,12-13H2,1-4H3,(H,26,32)(H,27,28);3-4,7-8,10-11,14,16,21,27H,1-2,5-6,9,12H2,(H,23,24);7-8,10-12,14,21,27H,1-6,9H2/t2*18-;14-,16-;14-/m1001/s1. The first-order valence-electron chi connectivity index (χ1n) is 39.7. The van der Waals surface area contributed by atoms with Crippen molar-refractivity contribution in [2.45, 2.75) is 129 Å². The molecule has 1 saturated heterocycles. The van der Waals surface area contributed by atoms with Crippen molar-refractivity contribution in [3.63, 3.8) is 0 Å². The molecule has 120 heavy (non-hydrogen) atoms. The van der Waals surface area contributed by atoms with E-state index in [2.05, 4.69) is 152 Å². The van der Waals surface area contributed by atoms with Crippen LogP contribution < -0.4 is 62.2 Å². The second-order valence-corrected chi connectivity index (χ2v) is 34.0. The number of carbonyl (C=O) groups is 2. The van der Waals surface area contributed by atoms with Gasteiger partial charge >= 0.3 is 0 Å². The lowest BCUT2D eigenvalue weighted by Gasteiger charge is -2.36. The average molecular weight is 1900 g/mol. The van der Waals surface area contributed by atoms with E-state index in [-0.39, 0.29) is 80.2 Å². The Bertz CT molecular complexity index is 5150. The third kappa shape index (κ3) is 25.2. The number of piperidine rings is 1. The van der Waals surface area contributed by atoms with Crippen LogP contribution in [0.5, 0.6) is 0 Å². The summed E-state index contributed by atoms with van der Waals surface area (Å²) in [6, 6.07) is 27.0. The molecular formula is C81H105Br4N27O8. The molecule has 39 heteroatoms. The average Bonchev–Trinajstić information content (AvgIpc) is 1.61. The van der Waals surface area contributed by atoms with Gasteiger partial charge in [0.05, 0.1) is 86.6 Å². The molecule has 11 heterocycles. The van der Waals surface area contributed by atoms with E-state index in [1.807, 2.05) is 145 Å². The fraction of sp³-hybridized carbons (Fsp3) is 0.420. The molecule has 2 fully saturated rings. The maximum Gasteiger partial charge on any atom is 0.289 e. The van der Waals surface area contributed by atoms with Gasteiger partial charge in [0.15, 0.2) is 35.0 Å². The van der Waals surface area contributed by atoms with E-state index >= 15 is 0 Å². The van der Waals surface area contributed by atoms with Crippen molar-refractivity contribution >= 4 is 156 Å². The fourth-order valence-corrected chi connectivity index (χ4v) is 15.1. The number of aromatic nitrogens is 15. The maximum absolute atomic E-state index is 11.9. The highest BCUT2D eigenvalue weighted by Crippen LogP contribution is 2.33. The van der Waals surface area contributed by atoms with Gasteiger partial charge in [-0.15, -0.1) is 0 Å². The van der Waals surface area contributed by atoms with Gasteiger partial charge in [-0.1, -0.05) is 69.8 Å². The van der Waals surface area contributed by atoms with E-state index in [0.29, 0.717) is 72.6 Å². The topological polar surface area (TPSA) is 421 Å². The molecule has 640 valence electrons. The Balaban J connectivity index is 0.000000157. The van der Waals surface area contributed by atoms with Crippen LogP contribution in [0.2, 0.25) is 0 Å². The van der Waals surface area contributed by atoms with Crippen molar-refractivity contribution in [3.8, 4) is 0 Å². The Morgan fingerprint density at radius 1 is 0.525 bits per heavy atom. The Morgan fingerprint density at radius 3 is 1.41 bits per heavy atom. The van der Waals surface area contributed by atoms with Crippen LogP contribution in [0.4, 0.5) is 57.9 Å². The van der Waals surface area contributed by atoms with Crippen LogP contribution in [0.3, 0.4) is 0 Å². The lowest BCUT2D eigenvalue weighted by Crippen LogP contribution is -2.40. The summed E-state index contributed by atoms with van der Waals surface area (Å²) in [6.07, 6.45) is 22.6. The van der Waals surface area contributed by atoms with Gasteiger partial charge in [0, 0.05) is 111 Å². The molecule has 10 aromatic heterocycles. The number of fused-ring (bicyclic) bond motifs is 4.